The number of hydrogen-bond donors (Lipinski definition) is 1. The Morgan fingerprint density at radius 3 is 1.20 bits per heavy atom. The Labute approximate surface area is 540 Å². The monoisotopic (exact) mass is 1210 g/mol. The van der Waals surface area contributed by atoms with E-state index >= 15 is 0 Å². The van der Waals surface area contributed by atoms with Crippen LogP contribution in [-0.2, 0) is 36.8 Å². The van der Waals surface area contributed by atoms with Crippen molar-refractivity contribution in [3.63, 3.8) is 0 Å². The number of benzene rings is 4. The summed E-state index contributed by atoms with van der Waals surface area (Å²) in [6.45, 7) is 20.2. The maximum atomic E-state index is 14.0. The van der Waals surface area contributed by atoms with E-state index in [1.165, 1.54) is 15.7 Å². The molecule has 0 spiro atoms. The number of likely N-dealkylation sites (N-methyl/N-ethyl adjacent to an activating group) is 2. The molecule has 16 heteroatoms. The molecular weight excluding hydrogens is 1110 g/mol. The Hall–Kier alpha value is -5.76. The molecule has 6 rings (SSSR count). The number of Topliss-reactive ketones (excluding diaryl/α,β-unsaturated/α-hetero) is 2. The summed E-state index contributed by atoms with van der Waals surface area (Å²) >= 11 is 0. The van der Waals surface area contributed by atoms with Crippen LogP contribution in [0.3, 0.4) is 0 Å². The number of rotatable bonds is 27. The number of aryl methyl sites for hydroxylation is 4. The van der Waals surface area contributed by atoms with Crippen molar-refractivity contribution in [3.05, 3.63) is 187 Å². The van der Waals surface area contributed by atoms with Gasteiger partial charge in [0.25, 0.3) is 11.1 Å². The number of carboxylic acid groups (broad SMARTS) is 1. The normalized spacial score (nSPS) is 12.1. The zero-order chi connectivity index (χ0) is 58.8. The number of hydrogen-bond acceptors (Lipinski definition) is 10. The fourth-order valence-corrected chi connectivity index (χ4v) is 10.7. The van der Waals surface area contributed by atoms with E-state index in [1.54, 1.807) is 36.0 Å². The van der Waals surface area contributed by atoms with Crippen LogP contribution in [0.1, 0.15) is 156 Å². The van der Waals surface area contributed by atoms with E-state index in [4.69, 9.17) is 4.74 Å². The first-order valence-electron chi connectivity index (χ1n) is 28.4. The predicted molar refractivity (Wildman–Crippen MR) is 360 cm³/mol. The van der Waals surface area contributed by atoms with Crippen LogP contribution in [-0.4, -0.2) is 101 Å². The number of ether oxygens (including phenoxy) is 1. The van der Waals surface area contributed by atoms with Gasteiger partial charge in [0.1, 0.15) is 0 Å². The van der Waals surface area contributed by atoms with Crippen molar-refractivity contribution >= 4 is 50.5 Å². The van der Waals surface area contributed by atoms with Gasteiger partial charge in [-0.3, -0.25) is 28.8 Å². The summed E-state index contributed by atoms with van der Waals surface area (Å²) in [5, 5.41) is 9.73. The molecule has 0 amide bonds. The van der Waals surface area contributed by atoms with E-state index < -0.39 is 24.0 Å². The number of aliphatic carboxylic acids is 1. The van der Waals surface area contributed by atoms with Crippen molar-refractivity contribution in [2.75, 3.05) is 47.9 Å². The molecule has 4 aromatic carbocycles. The minimum absolute atomic E-state index is 0. The SMILES string of the molecule is C.C.CCOC(=O)C[C@H](CC(=O)C(CC(C)C)n1ccc(CCN(C)C)cc1=O)c1cccc(-c2c(C)cccc2C)c1.Cc1cccc(C)c1-c1cccc([C@H](CC(=O)O)CC(=O)C(CC(C)C)n2ccc(CCN(C)C)cc2=O)c1.S.S.[Li+].[OH-]. The average Bonchev–Trinajstić information content (AvgIpc) is 3.35. The number of carbonyl (C=O) groups is 4. The van der Waals surface area contributed by atoms with Gasteiger partial charge in [-0.2, -0.15) is 27.0 Å². The number of carboxylic acids is 1. The maximum absolute atomic E-state index is 14.0. The van der Waals surface area contributed by atoms with Crippen LogP contribution in [0.2, 0.25) is 0 Å². The summed E-state index contributed by atoms with van der Waals surface area (Å²) in [4.78, 5) is 82.9. The Morgan fingerprint density at radius 2 is 0.884 bits per heavy atom. The van der Waals surface area contributed by atoms with Gasteiger partial charge in [0.2, 0.25) is 0 Å². The number of aromatic nitrogens is 2. The predicted octanol–water partition coefficient (Wildman–Crippen LogP) is 10.9. The van der Waals surface area contributed by atoms with Gasteiger partial charge in [0, 0.05) is 62.3 Å². The summed E-state index contributed by atoms with van der Waals surface area (Å²) < 4.78 is 8.41. The minimum atomic E-state index is -0.951. The van der Waals surface area contributed by atoms with Crippen molar-refractivity contribution < 1.29 is 53.4 Å². The van der Waals surface area contributed by atoms with Crippen molar-refractivity contribution in [2.24, 2.45) is 11.8 Å². The van der Waals surface area contributed by atoms with Gasteiger partial charge < -0.3 is 34.3 Å². The van der Waals surface area contributed by atoms with Gasteiger partial charge in [0.15, 0.2) is 11.6 Å². The third-order valence-electron chi connectivity index (χ3n) is 14.8. The molecule has 0 saturated carbocycles. The number of nitrogens with zero attached hydrogens (tertiary/aromatic N) is 4. The van der Waals surface area contributed by atoms with Crippen LogP contribution in [0.25, 0.3) is 22.3 Å². The smallest absolute Gasteiger partial charge is 0.870 e. The van der Waals surface area contributed by atoms with Crippen LogP contribution >= 0.6 is 27.0 Å². The Kier molecular flexibility index (Phi) is 38.2. The molecule has 2 unspecified atom stereocenters. The van der Waals surface area contributed by atoms with Crippen LogP contribution in [0.15, 0.2) is 131 Å². The molecule has 0 radical (unpaired) electrons. The summed E-state index contributed by atoms with van der Waals surface area (Å²) in [6.07, 6.45) is 6.20. The summed E-state index contributed by atoms with van der Waals surface area (Å²) in [5.41, 5.74) is 12.2. The molecule has 2 N–H and O–H groups in total. The van der Waals surface area contributed by atoms with Gasteiger partial charge in [-0.1, -0.05) is 127 Å². The second-order valence-corrected chi connectivity index (χ2v) is 23.1. The van der Waals surface area contributed by atoms with Crippen molar-refractivity contribution in [3.8, 4) is 22.3 Å². The second kappa shape index (κ2) is 39.9. The van der Waals surface area contributed by atoms with Gasteiger partial charge in [-0.15, -0.1) is 0 Å². The fraction of sp³-hybridized carbons (Fsp3) is 0.457. The third kappa shape index (κ3) is 24.8. The van der Waals surface area contributed by atoms with Crippen molar-refractivity contribution in [1.29, 1.82) is 0 Å². The molecule has 468 valence electrons. The summed E-state index contributed by atoms with van der Waals surface area (Å²) in [6, 6.07) is 34.3. The van der Waals surface area contributed by atoms with Crippen LogP contribution in [0.5, 0.6) is 0 Å². The number of ketones is 2. The van der Waals surface area contributed by atoms with E-state index in [0.29, 0.717) is 12.8 Å². The molecule has 4 atom stereocenters. The van der Waals surface area contributed by atoms with Gasteiger partial charge in [-0.05, 0) is 179 Å². The molecule has 0 saturated heterocycles. The molecule has 2 aromatic heterocycles. The van der Waals surface area contributed by atoms with Gasteiger partial charge in [-0.25, -0.2) is 0 Å². The molecule has 0 aliphatic rings. The van der Waals surface area contributed by atoms with Crippen LogP contribution in [0.4, 0.5) is 0 Å². The van der Waals surface area contributed by atoms with Gasteiger partial charge >= 0.3 is 30.8 Å². The average molecular weight is 1210 g/mol. The topological polar surface area (TPSA) is 178 Å². The van der Waals surface area contributed by atoms with E-state index in [-0.39, 0.29) is 145 Å². The maximum Gasteiger partial charge on any atom is 1.00 e. The Bertz CT molecular complexity index is 3150. The van der Waals surface area contributed by atoms with E-state index in [1.807, 2.05) is 103 Å². The minimum Gasteiger partial charge on any atom is -0.870 e. The Balaban J connectivity index is 0. The summed E-state index contributed by atoms with van der Waals surface area (Å²) in [5.74, 6) is -1.91. The van der Waals surface area contributed by atoms with Crippen LogP contribution in [0, 0.1) is 39.5 Å². The number of esters is 1. The van der Waals surface area contributed by atoms with E-state index in [0.717, 1.165) is 81.6 Å². The Morgan fingerprint density at radius 1 is 0.535 bits per heavy atom. The number of pyridine rings is 2. The largest absolute Gasteiger partial charge is 1.00 e. The quantitative estimate of drug-likeness (QED) is 0.0383. The molecule has 2 heterocycles. The van der Waals surface area contributed by atoms with E-state index in [9.17, 15) is 33.9 Å². The van der Waals surface area contributed by atoms with Crippen molar-refractivity contribution in [1.82, 2.24) is 18.9 Å². The zero-order valence-electron chi connectivity index (χ0n) is 52.3. The van der Waals surface area contributed by atoms with E-state index in [2.05, 4.69) is 87.7 Å². The van der Waals surface area contributed by atoms with Crippen molar-refractivity contribution in [2.45, 2.75) is 152 Å². The molecule has 6 aromatic rings. The first kappa shape index (κ1) is 82.3. The molecule has 0 bridgehead atoms. The first-order chi connectivity index (χ1) is 37.9. The van der Waals surface area contributed by atoms with Gasteiger partial charge in [0.05, 0.1) is 31.5 Å². The van der Waals surface area contributed by atoms with Crippen LogP contribution < -0.4 is 30.0 Å². The second-order valence-electron chi connectivity index (χ2n) is 23.1. The third-order valence-corrected chi connectivity index (χ3v) is 14.8. The molecule has 0 aliphatic carbocycles. The molecule has 13 nitrogen and oxygen atoms in total. The summed E-state index contributed by atoms with van der Waals surface area (Å²) in [7, 11) is 7.99. The first-order valence-corrected chi connectivity index (χ1v) is 28.4. The zero-order valence-corrected chi connectivity index (χ0v) is 54.3. The molecule has 86 heavy (non-hydrogen) atoms. The standard InChI is InChI=1S/C35H46N2O4.C33H42N2O4.2CH4.Li.H2O.2H2S/c1-8-41-34(40)23-30(28-13-10-14-29(21-28)35-25(4)11-9-12-26(35)5)22-32(38)31(19-24(2)3)37-18-16-27(20-33(37)39)15-17-36(6)7;1-22(2)17-29(35-16-14-25(18-31(35)37)13-15-34(5)6)30(36)20-28(21-32(38)39)26-11-8-12-27(19-26)33-23(3)9-7-10-24(33)4;;;;;;/h9-14,16,18,20-21,24,30-31H,8,15,17,19,22-23H2,1-7H3;7-12,14,16,18-19,22,28-29H,13,15,17,20-21H2,1-6H3,(H,38,39);2*1H4;;3*1H2/q;;;;+1;;;/p-1/t30-,31?;28-,29?;;;;;;/m00....../s1. The molecular formula is C70H101LiN4O9S2. The fourth-order valence-electron chi connectivity index (χ4n) is 10.7. The molecule has 0 aliphatic heterocycles. The molecule has 0 fully saturated rings. The number of carbonyl (C=O) groups excluding carboxylic acids is 3.